The first kappa shape index (κ1) is 20.0. The Balaban J connectivity index is 1.89. The van der Waals surface area contributed by atoms with Crippen molar-refractivity contribution in [2.45, 2.75) is 59.0 Å². The molecule has 2 rings (SSSR count). The van der Waals surface area contributed by atoms with Crippen molar-refractivity contribution in [3.63, 3.8) is 0 Å². The lowest BCUT2D eigenvalue weighted by Crippen LogP contribution is -2.47. The second-order valence-electron chi connectivity index (χ2n) is 7.49. The van der Waals surface area contributed by atoms with Crippen LogP contribution in [0, 0.1) is 5.92 Å². The highest BCUT2D eigenvalue weighted by atomic mass is 16.2. The third-order valence-electron chi connectivity index (χ3n) is 4.57. The van der Waals surface area contributed by atoms with Gasteiger partial charge >= 0.3 is 0 Å². The zero-order chi connectivity index (χ0) is 19.1. The van der Waals surface area contributed by atoms with Gasteiger partial charge in [0.15, 0.2) is 0 Å². The Labute approximate surface area is 156 Å². The number of carbonyl (C=O) groups excluding carboxylic acids is 2. The first-order chi connectivity index (χ1) is 12.4. The summed E-state index contributed by atoms with van der Waals surface area (Å²) in [7, 11) is 0. The largest absolute Gasteiger partial charge is 0.352 e. The molecule has 0 radical (unpaired) electrons. The van der Waals surface area contributed by atoms with Gasteiger partial charge in [-0.05, 0) is 48.9 Å². The van der Waals surface area contributed by atoms with Crippen molar-refractivity contribution in [1.29, 1.82) is 0 Å². The molecule has 2 aromatic rings. The maximum Gasteiger partial charge on any atom is 0.242 e. The maximum atomic E-state index is 12.4. The van der Waals surface area contributed by atoms with E-state index in [1.54, 1.807) is 6.92 Å². The molecule has 2 amide bonds. The van der Waals surface area contributed by atoms with Gasteiger partial charge in [0.05, 0.1) is 6.42 Å². The van der Waals surface area contributed by atoms with E-state index in [4.69, 9.17) is 0 Å². The number of nitrogens with one attached hydrogen (secondary N) is 2. The second kappa shape index (κ2) is 9.37. The first-order valence-electron chi connectivity index (χ1n) is 9.43. The Morgan fingerprint density at radius 2 is 1.58 bits per heavy atom. The zero-order valence-electron chi connectivity index (χ0n) is 16.2. The predicted octanol–water partition coefficient (Wildman–Crippen LogP) is 3.83. The molecule has 4 heteroatoms. The fourth-order valence-electron chi connectivity index (χ4n) is 3.00. The van der Waals surface area contributed by atoms with Crippen molar-refractivity contribution >= 4 is 22.6 Å². The lowest BCUT2D eigenvalue weighted by Gasteiger charge is -2.19. The molecule has 0 unspecified atom stereocenters. The summed E-state index contributed by atoms with van der Waals surface area (Å²) < 4.78 is 0. The molecule has 4 nitrogen and oxygen atoms in total. The lowest BCUT2D eigenvalue weighted by atomic mass is 10.0. The molecular weight excluding hydrogens is 324 g/mol. The van der Waals surface area contributed by atoms with Crippen LogP contribution in [0.4, 0.5) is 0 Å². The fraction of sp³-hybridized carbons (Fsp3) is 0.455. The van der Waals surface area contributed by atoms with Crippen molar-refractivity contribution in [3.05, 3.63) is 48.0 Å². The topological polar surface area (TPSA) is 58.2 Å². The van der Waals surface area contributed by atoms with Crippen molar-refractivity contribution in [3.8, 4) is 0 Å². The minimum Gasteiger partial charge on any atom is -0.352 e. The molecular formula is C22H30N2O2. The van der Waals surface area contributed by atoms with Crippen LogP contribution in [0.3, 0.4) is 0 Å². The Morgan fingerprint density at radius 1 is 0.885 bits per heavy atom. The standard InChI is InChI=1S/C22H30N2O2/c1-15(2)12-13-16(3)23-22(26)17(4)24-21(25)14-19-10-7-9-18-8-5-6-11-20(18)19/h5-11,15-17H,12-14H2,1-4H3,(H,23,26)(H,24,25)/t16-,17+/m1/s1. The van der Waals surface area contributed by atoms with Crippen molar-refractivity contribution in [2.75, 3.05) is 0 Å². The summed E-state index contributed by atoms with van der Waals surface area (Å²) in [5, 5.41) is 7.98. The summed E-state index contributed by atoms with van der Waals surface area (Å²) in [6.45, 7) is 8.08. The van der Waals surface area contributed by atoms with Crippen LogP contribution in [0.5, 0.6) is 0 Å². The van der Waals surface area contributed by atoms with E-state index in [0.29, 0.717) is 5.92 Å². The number of carbonyl (C=O) groups is 2. The summed E-state index contributed by atoms with van der Waals surface area (Å²) in [5.41, 5.74) is 0.971. The molecule has 0 heterocycles. The highest BCUT2D eigenvalue weighted by Gasteiger charge is 2.18. The van der Waals surface area contributed by atoms with E-state index in [1.807, 2.05) is 49.4 Å². The van der Waals surface area contributed by atoms with Gasteiger partial charge in [-0.2, -0.15) is 0 Å². The van der Waals surface area contributed by atoms with E-state index in [9.17, 15) is 9.59 Å². The predicted molar refractivity (Wildman–Crippen MR) is 107 cm³/mol. The Hall–Kier alpha value is -2.36. The van der Waals surface area contributed by atoms with E-state index in [2.05, 4.69) is 24.5 Å². The third kappa shape index (κ3) is 5.87. The lowest BCUT2D eigenvalue weighted by molar-refractivity contribution is -0.128. The first-order valence-corrected chi connectivity index (χ1v) is 9.43. The Bertz CT molecular complexity index is 749. The number of fused-ring (bicyclic) bond motifs is 1. The van der Waals surface area contributed by atoms with Crippen molar-refractivity contribution < 1.29 is 9.59 Å². The van der Waals surface area contributed by atoms with E-state index >= 15 is 0 Å². The average molecular weight is 354 g/mol. The minimum atomic E-state index is -0.543. The van der Waals surface area contributed by atoms with Crippen LogP contribution in [0.1, 0.15) is 46.1 Å². The monoisotopic (exact) mass is 354 g/mol. The van der Waals surface area contributed by atoms with E-state index in [-0.39, 0.29) is 24.3 Å². The smallest absolute Gasteiger partial charge is 0.242 e. The highest BCUT2D eigenvalue weighted by Crippen LogP contribution is 2.18. The summed E-state index contributed by atoms with van der Waals surface area (Å²) in [6.07, 6.45) is 2.28. The molecule has 0 aromatic heterocycles. The molecule has 0 aliphatic heterocycles. The van der Waals surface area contributed by atoms with Crippen molar-refractivity contribution in [2.24, 2.45) is 5.92 Å². The van der Waals surface area contributed by atoms with Crippen LogP contribution < -0.4 is 10.6 Å². The van der Waals surface area contributed by atoms with Gasteiger partial charge in [-0.1, -0.05) is 56.3 Å². The molecule has 0 bridgehead atoms. The quantitative estimate of drug-likeness (QED) is 0.757. The van der Waals surface area contributed by atoms with Crippen LogP contribution >= 0.6 is 0 Å². The molecule has 2 aromatic carbocycles. The third-order valence-corrected chi connectivity index (χ3v) is 4.57. The van der Waals surface area contributed by atoms with Gasteiger partial charge in [0.25, 0.3) is 0 Å². The molecule has 0 aliphatic carbocycles. The van der Waals surface area contributed by atoms with Crippen LogP contribution in [0.2, 0.25) is 0 Å². The molecule has 2 atom stereocenters. The summed E-state index contributed by atoms with van der Waals surface area (Å²) in [5.74, 6) is 0.346. The number of amides is 2. The van der Waals surface area contributed by atoms with Crippen molar-refractivity contribution in [1.82, 2.24) is 10.6 Å². The summed E-state index contributed by atoms with van der Waals surface area (Å²) >= 11 is 0. The van der Waals surface area contributed by atoms with Gasteiger partial charge in [-0.25, -0.2) is 0 Å². The van der Waals surface area contributed by atoms with Gasteiger partial charge in [0.1, 0.15) is 6.04 Å². The normalized spacial score (nSPS) is 13.4. The molecule has 0 saturated heterocycles. The van der Waals surface area contributed by atoms with E-state index < -0.39 is 6.04 Å². The number of hydrogen-bond acceptors (Lipinski definition) is 2. The zero-order valence-corrected chi connectivity index (χ0v) is 16.2. The summed E-state index contributed by atoms with van der Waals surface area (Å²) in [6, 6.07) is 13.5. The average Bonchev–Trinajstić information content (AvgIpc) is 2.60. The molecule has 26 heavy (non-hydrogen) atoms. The SMILES string of the molecule is CC(C)CC[C@@H](C)NC(=O)[C@H](C)NC(=O)Cc1cccc2ccccc12. The molecule has 0 saturated carbocycles. The number of benzene rings is 2. The van der Waals surface area contributed by atoms with E-state index in [0.717, 1.165) is 29.2 Å². The van der Waals surface area contributed by atoms with Crippen LogP contribution in [-0.4, -0.2) is 23.9 Å². The maximum absolute atomic E-state index is 12.4. The van der Waals surface area contributed by atoms with Gasteiger partial charge in [0.2, 0.25) is 11.8 Å². The number of rotatable bonds is 8. The van der Waals surface area contributed by atoms with Crippen LogP contribution in [0.15, 0.2) is 42.5 Å². The van der Waals surface area contributed by atoms with Crippen LogP contribution in [-0.2, 0) is 16.0 Å². The van der Waals surface area contributed by atoms with Gasteiger partial charge in [0, 0.05) is 6.04 Å². The Kier molecular flexibility index (Phi) is 7.19. The summed E-state index contributed by atoms with van der Waals surface area (Å²) in [4.78, 5) is 24.7. The second-order valence-corrected chi connectivity index (χ2v) is 7.49. The molecule has 0 aliphatic rings. The molecule has 2 N–H and O–H groups in total. The van der Waals surface area contributed by atoms with Gasteiger partial charge < -0.3 is 10.6 Å². The molecule has 140 valence electrons. The van der Waals surface area contributed by atoms with Crippen LogP contribution in [0.25, 0.3) is 10.8 Å². The highest BCUT2D eigenvalue weighted by molar-refractivity contribution is 5.92. The number of hydrogen-bond donors (Lipinski definition) is 2. The van der Waals surface area contributed by atoms with E-state index in [1.165, 1.54) is 0 Å². The molecule has 0 spiro atoms. The van der Waals surface area contributed by atoms with Gasteiger partial charge in [-0.15, -0.1) is 0 Å². The van der Waals surface area contributed by atoms with Gasteiger partial charge in [-0.3, -0.25) is 9.59 Å². The molecule has 0 fully saturated rings. The fourth-order valence-corrected chi connectivity index (χ4v) is 3.00. The Morgan fingerprint density at radius 3 is 2.31 bits per heavy atom. The minimum absolute atomic E-state index is 0.113.